The highest BCUT2D eigenvalue weighted by Crippen LogP contribution is 2.19. The van der Waals surface area contributed by atoms with Gasteiger partial charge in [0.15, 0.2) is 0 Å². The first-order valence-corrected chi connectivity index (χ1v) is 8.28. The Morgan fingerprint density at radius 1 is 1.41 bits per heavy atom. The van der Waals surface area contributed by atoms with Crippen LogP contribution in [0.1, 0.15) is 32.3 Å². The molecule has 1 amide bonds. The fourth-order valence-electron chi connectivity index (χ4n) is 2.83. The predicted molar refractivity (Wildman–Crippen MR) is 87.6 cm³/mol. The standard InChI is InChI=1S/C17H24ClFN2O/c1-12(2)21-7-5-13(6-8-21)11-20-17(22)9-14-3-4-15(19)10-16(14)18/h3-4,10,12-13H,5-9,11H2,1-2H3,(H,20,22). The molecule has 0 atom stereocenters. The highest BCUT2D eigenvalue weighted by Gasteiger charge is 2.21. The second kappa shape index (κ2) is 7.93. The fraction of sp³-hybridized carbons (Fsp3) is 0.588. The maximum absolute atomic E-state index is 13.0. The molecule has 0 spiro atoms. The Labute approximate surface area is 136 Å². The minimum atomic E-state index is -0.383. The van der Waals surface area contributed by atoms with E-state index >= 15 is 0 Å². The zero-order chi connectivity index (χ0) is 16.1. The van der Waals surface area contributed by atoms with Gasteiger partial charge in [0.05, 0.1) is 6.42 Å². The number of hydrogen-bond acceptors (Lipinski definition) is 2. The van der Waals surface area contributed by atoms with Crippen molar-refractivity contribution in [2.45, 2.75) is 39.2 Å². The van der Waals surface area contributed by atoms with Crippen molar-refractivity contribution >= 4 is 17.5 Å². The summed E-state index contributed by atoms with van der Waals surface area (Å²) in [5.41, 5.74) is 0.662. The third-order valence-corrected chi connectivity index (χ3v) is 4.69. The molecule has 0 bridgehead atoms. The van der Waals surface area contributed by atoms with Gasteiger partial charge in [-0.05, 0) is 63.4 Å². The van der Waals surface area contributed by atoms with E-state index in [1.165, 1.54) is 12.1 Å². The number of nitrogens with one attached hydrogen (secondary N) is 1. The lowest BCUT2D eigenvalue weighted by Gasteiger charge is -2.34. The van der Waals surface area contributed by atoms with Crippen molar-refractivity contribution < 1.29 is 9.18 Å². The Bertz CT molecular complexity index is 513. The van der Waals surface area contributed by atoms with E-state index in [0.717, 1.165) is 25.9 Å². The van der Waals surface area contributed by atoms with Crippen LogP contribution in [0.3, 0.4) is 0 Å². The number of hydrogen-bond donors (Lipinski definition) is 1. The van der Waals surface area contributed by atoms with Gasteiger partial charge in [0.1, 0.15) is 5.82 Å². The Morgan fingerprint density at radius 2 is 2.09 bits per heavy atom. The van der Waals surface area contributed by atoms with Gasteiger partial charge in [-0.1, -0.05) is 17.7 Å². The van der Waals surface area contributed by atoms with Crippen LogP contribution >= 0.6 is 11.6 Å². The summed E-state index contributed by atoms with van der Waals surface area (Å²) in [6.07, 6.45) is 2.44. The van der Waals surface area contributed by atoms with E-state index in [0.29, 0.717) is 29.1 Å². The molecule has 0 unspecified atom stereocenters. The highest BCUT2D eigenvalue weighted by atomic mass is 35.5. The molecule has 1 aliphatic rings. The molecule has 2 rings (SSSR count). The first kappa shape index (κ1) is 17.2. The fourth-order valence-corrected chi connectivity index (χ4v) is 3.07. The van der Waals surface area contributed by atoms with Gasteiger partial charge >= 0.3 is 0 Å². The van der Waals surface area contributed by atoms with Crippen molar-refractivity contribution in [1.29, 1.82) is 0 Å². The summed E-state index contributed by atoms with van der Waals surface area (Å²) in [4.78, 5) is 14.5. The van der Waals surface area contributed by atoms with Crippen LogP contribution in [-0.4, -0.2) is 36.5 Å². The third-order valence-electron chi connectivity index (χ3n) is 4.33. The second-order valence-electron chi connectivity index (χ2n) is 6.29. The third kappa shape index (κ3) is 4.96. The van der Waals surface area contributed by atoms with Crippen molar-refractivity contribution in [3.05, 3.63) is 34.6 Å². The smallest absolute Gasteiger partial charge is 0.224 e. The molecular weight excluding hydrogens is 303 g/mol. The lowest BCUT2D eigenvalue weighted by atomic mass is 9.96. The van der Waals surface area contributed by atoms with Gasteiger partial charge in [-0.25, -0.2) is 4.39 Å². The molecule has 0 aromatic heterocycles. The van der Waals surface area contributed by atoms with Crippen LogP contribution in [-0.2, 0) is 11.2 Å². The summed E-state index contributed by atoms with van der Waals surface area (Å²) < 4.78 is 13.0. The molecule has 0 radical (unpaired) electrons. The summed E-state index contributed by atoms with van der Waals surface area (Å²) in [7, 11) is 0. The molecule has 1 fully saturated rings. The Kier molecular flexibility index (Phi) is 6.21. The van der Waals surface area contributed by atoms with E-state index in [1.54, 1.807) is 6.07 Å². The van der Waals surface area contributed by atoms with Crippen molar-refractivity contribution in [3.8, 4) is 0 Å². The van der Waals surface area contributed by atoms with E-state index < -0.39 is 0 Å². The number of benzene rings is 1. The molecule has 1 aromatic carbocycles. The van der Waals surface area contributed by atoms with Gasteiger partial charge in [-0.3, -0.25) is 4.79 Å². The van der Waals surface area contributed by atoms with Gasteiger partial charge in [0, 0.05) is 17.6 Å². The van der Waals surface area contributed by atoms with Crippen LogP contribution in [0.25, 0.3) is 0 Å². The monoisotopic (exact) mass is 326 g/mol. The van der Waals surface area contributed by atoms with Gasteiger partial charge in [-0.15, -0.1) is 0 Å². The molecule has 122 valence electrons. The zero-order valence-corrected chi connectivity index (χ0v) is 14.0. The van der Waals surface area contributed by atoms with Crippen LogP contribution in [0.2, 0.25) is 5.02 Å². The number of nitrogens with zero attached hydrogens (tertiary/aromatic N) is 1. The first-order valence-electron chi connectivity index (χ1n) is 7.90. The molecule has 1 saturated heterocycles. The number of likely N-dealkylation sites (tertiary alicyclic amines) is 1. The molecule has 1 N–H and O–H groups in total. The number of rotatable bonds is 5. The van der Waals surface area contributed by atoms with E-state index in [-0.39, 0.29) is 18.1 Å². The van der Waals surface area contributed by atoms with E-state index in [2.05, 4.69) is 24.1 Å². The number of amides is 1. The van der Waals surface area contributed by atoms with Crippen molar-refractivity contribution in [1.82, 2.24) is 10.2 Å². The van der Waals surface area contributed by atoms with Crippen LogP contribution in [0.5, 0.6) is 0 Å². The number of piperidine rings is 1. The van der Waals surface area contributed by atoms with E-state index in [1.807, 2.05) is 0 Å². The van der Waals surface area contributed by atoms with E-state index in [9.17, 15) is 9.18 Å². The van der Waals surface area contributed by atoms with Gasteiger partial charge < -0.3 is 10.2 Å². The summed E-state index contributed by atoms with van der Waals surface area (Å²) >= 11 is 5.94. The van der Waals surface area contributed by atoms with Crippen LogP contribution in [0.4, 0.5) is 4.39 Å². The minimum absolute atomic E-state index is 0.0557. The van der Waals surface area contributed by atoms with Gasteiger partial charge in [0.25, 0.3) is 0 Å². The van der Waals surface area contributed by atoms with Crippen LogP contribution in [0, 0.1) is 11.7 Å². The minimum Gasteiger partial charge on any atom is -0.356 e. The molecule has 0 aliphatic carbocycles. The topological polar surface area (TPSA) is 32.3 Å². The predicted octanol–water partition coefficient (Wildman–Crippen LogP) is 3.26. The Morgan fingerprint density at radius 3 is 2.68 bits per heavy atom. The molecule has 22 heavy (non-hydrogen) atoms. The lowest BCUT2D eigenvalue weighted by Crippen LogP contribution is -2.41. The second-order valence-corrected chi connectivity index (χ2v) is 6.70. The summed E-state index contributed by atoms with van der Waals surface area (Å²) in [5, 5.41) is 3.28. The summed E-state index contributed by atoms with van der Waals surface area (Å²) in [5.74, 6) is 0.105. The quantitative estimate of drug-likeness (QED) is 0.900. The van der Waals surface area contributed by atoms with Crippen molar-refractivity contribution in [2.24, 2.45) is 5.92 Å². The number of carbonyl (C=O) groups excluding carboxylic acids is 1. The molecule has 0 saturated carbocycles. The van der Waals surface area contributed by atoms with Gasteiger partial charge in [-0.2, -0.15) is 0 Å². The summed E-state index contributed by atoms with van der Waals surface area (Å²) in [6, 6.07) is 4.73. The Balaban J connectivity index is 1.74. The molecule has 5 heteroatoms. The molecule has 3 nitrogen and oxygen atoms in total. The van der Waals surface area contributed by atoms with E-state index in [4.69, 9.17) is 11.6 Å². The molecule has 1 aromatic rings. The summed E-state index contributed by atoms with van der Waals surface area (Å²) in [6.45, 7) is 7.34. The van der Waals surface area contributed by atoms with Gasteiger partial charge in [0.2, 0.25) is 5.91 Å². The van der Waals surface area contributed by atoms with Crippen molar-refractivity contribution in [2.75, 3.05) is 19.6 Å². The molecule has 1 heterocycles. The zero-order valence-electron chi connectivity index (χ0n) is 13.2. The average Bonchev–Trinajstić information content (AvgIpc) is 2.48. The number of carbonyl (C=O) groups is 1. The maximum Gasteiger partial charge on any atom is 0.224 e. The Hall–Kier alpha value is -1.13. The maximum atomic E-state index is 13.0. The molecular formula is C17H24ClFN2O. The molecule has 1 aliphatic heterocycles. The van der Waals surface area contributed by atoms with Crippen LogP contribution in [0.15, 0.2) is 18.2 Å². The number of halogens is 2. The first-order chi connectivity index (χ1) is 10.5. The normalized spacial score (nSPS) is 17.0. The lowest BCUT2D eigenvalue weighted by molar-refractivity contribution is -0.120. The average molecular weight is 327 g/mol. The van der Waals surface area contributed by atoms with Crippen LogP contribution < -0.4 is 5.32 Å². The largest absolute Gasteiger partial charge is 0.356 e. The SMILES string of the molecule is CC(C)N1CCC(CNC(=O)Cc2ccc(F)cc2Cl)CC1. The highest BCUT2D eigenvalue weighted by molar-refractivity contribution is 6.31. The van der Waals surface area contributed by atoms with Crippen molar-refractivity contribution in [3.63, 3.8) is 0 Å².